The summed E-state index contributed by atoms with van der Waals surface area (Å²) in [6.07, 6.45) is 0. The zero-order chi connectivity index (χ0) is 13.1. The predicted molar refractivity (Wildman–Crippen MR) is 74.9 cm³/mol. The summed E-state index contributed by atoms with van der Waals surface area (Å²) in [4.78, 5) is 0. The summed E-state index contributed by atoms with van der Waals surface area (Å²) >= 11 is 11.7. The maximum atomic E-state index is 13.4. The van der Waals surface area contributed by atoms with Crippen molar-refractivity contribution in [3.05, 3.63) is 63.9 Å². The maximum absolute atomic E-state index is 13.4. The molecule has 0 saturated carbocycles. The van der Waals surface area contributed by atoms with E-state index in [1.807, 2.05) is 37.3 Å². The smallest absolute Gasteiger partial charge is 0.142 e. The first-order valence-electron chi connectivity index (χ1n) is 5.54. The molecule has 0 amide bonds. The number of para-hydroxylation sites is 1. The SMILES string of the molecule is CC(Nc1ccccc1)c1cc(F)c(Cl)cc1Cl. The second-order valence-electron chi connectivity index (χ2n) is 4.02. The van der Waals surface area contributed by atoms with Gasteiger partial charge in [0.15, 0.2) is 0 Å². The molecular weight excluding hydrogens is 272 g/mol. The van der Waals surface area contributed by atoms with Gasteiger partial charge in [0.25, 0.3) is 0 Å². The van der Waals surface area contributed by atoms with Crippen molar-refractivity contribution in [1.82, 2.24) is 0 Å². The molecule has 4 heteroatoms. The average Bonchev–Trinajstić information content (AvgIpc) is 2.35. The van der Waals surface area contributed by atoms with Crippen LogP contribution in [0.5, 0.6) is 0 Å². The van der Waals surface area contributed by atoms with Crippen LogP contribution in [0.4, 0.5) is 10.1 Å². The summed E-state index contributed by atoms with van der Waals surface area (Å²) < 4.78 is 13.4. The molecule has 1 unspecified atom stereocenters. The van der Waals surface area contributed by atoms with E-state index in [2.05, 4.69) is 5.32 Å². The number of hydrogen-bond acceptors (Lipinski definition) is 1. The molecule has 0 fully saturated rings. The number of hydrogen-bond donors (Lipinski definition) is 1. The largest absolute Gasteiger partial charge is 0.378 e. The lowest BCUT2D eigenvalue weighted by molar-refractivity contribution is 0.624. The molecule has 18 heavy (non-hydrogen) atoms. The second kappa shape index (κ2) is 5.59. The van der Waals surface area contributed by atoms with Gasteiger partial charge >= 0.3 is 0 Å². The van der Waals surface area contributed by atoms with Crippen molar-refractivity contribution in [2.24, 2.45) is 0 Å². The van der Waals surface area contributed by atoms with Crippen molar-refractivity contribution in [3.63, 3.8) is 0 Å². The third-order valence-corrected chi connectivity index (χ3v) is 3.28. The highest BCUT2D eigenvalue weighted by atomic mass is 35.5. The zero-order valence-electron chi connectivity index (χ0n) is 9.75. The van der Waals surface area contributed by atoms with Crippen molar-refractivity contribution in [1.29, 1.82) is 0 Å². The Kier molecular flexibility index (Phi) is 4.10. The first kappa shape index (κ1) is 13.2. The van der Waals surface area contributed by atoms with Gasteiger partial charge in [-0.05, 0) is 36.8 Å². The maximum Gasteiger partial charge on any atom is 0.142 e. The molecule has 2 rings (SSSR count). The number of rotatable bonds is 3. The van der Waals surface area contributed by atoms with Crippen LogP contribution in [0, 0.1) is 5.82 Å². The molecular formula is C14H12Cl2FN. The van der Waals surface area contributed by atoms with Gasteiger partial charge in [-0.15, -0.1) is 0 Å². The van der Waals surface area contributed by atoms with E-state index < -0.39 is 5.82 Å². The molecule has 2 aromatic rings. The third-order valence-electron chi connectivity index (χ3n) is 2.66. The Morgan fingerprint density at radius 2 is 1.72 bits per heavy atom. The molecule has 0 radical (unpaired) electrons. The van der Waals surface area contributed by atoms with E-state index in [4.69, 9.17) is 23.2 Å². The van der Waals surface area contributed by atoms with Gasteiger partial charge in [0, 0.05) is 10.7 Å². The number of halogens is 3. The fraction of sp³-hybridized carbons (Fsp3) is 0.143. The summed E-state index contributed by atoms with van der Waals surface area (Å²) in [5.74, 6) is -0.460. The first-order valence-corrected chi connectivity index (χ1v) is 6.29. The highest BCUT2D eigenvalue weighted by Gasteiger charge is 2.13. The Morgan fingerprint density at radius 3 is 2.39 bits per heavy atom. The summed E-state index contributed by atoms with van der Waals surface area (Å²) in [5.41, 5.74) is 1.64. The van der Waals surface area contributed by atoms with Gasteiger partial charge in [0.1, 0.15) is 5.82 Å². The topological polar surface area (TPSA) is 12.0 Å². The molecule has 0 aliphatic heterocycles. The first-order chi connectivity index (χ1) is 8.58. The highest BCUT2D eigenvalue weighted by Crippen LogP contribution is 2.30. The van der Waals surface area contributed by atoms with Gasteiger partial charge in [0.05, 0.1) is 11.1 Å². The average molecular weight is 284 g/mol. The molecule has 0 aliphatic rings. The number of anilines is 1. The summed E-state index contributed by atoms with van der Waals surface area (Å²) in [6, 6.07) is 12.4. The van der Waals surface area contributed by atoms with Crippen LogP contribution >= 0.6 is 23.2 Å². The molecule has 0 aliphatic carbocycles. The van der Waals surface area contributed by atoms with Crippen LogP contribution in [0.2, 0.25) is 10.0 Å². The van der Waals surface area contributed by atoms with Crippen LogP contribution in [0.15, 0.2) is 42.5 Å². The van der Waals surface area contributed by atoms with E-state index in [0.717, 1.165) is 5.69 Å². The monoisotopic (exact) mass is 283 g/mol. The molecule has 0 saturated heterocycles. The van der Waals surface area contributed by atoms with E-state index in [-0.39, 0.29) is 11.1 Å². The quantitative estimate of drug-likeness (QED) is 0.753. The number of nitrogens with one attached hydrogen (secondary N) is 1. The Bertz CT molecular complexity index is 543. The van der Waals surface area contributed by atoms with Gasteiger partial charge in [-0.1, -0.05) is 41.4 Å². The van der Waals surface area contributed by atoms with Gasteiger partial charge in [0.2, 0.25) is 0 Å². The van der Waals surface area contributed by atoms with E-state index in [9.17, 15) is 4.39 Å². The molecule has 94 valence electrons. The normalized spacial score (nSPS) is 12.2. The lowest BCUT2D eigenvalue weighted by Crippen LogP contribution is -2.07. The summed E-state index contributed by atoms with van der Waals surface area (Å²) in [7, 11) is 0. The molecule has 1 atom stereocenters. The second-order valence-corrected chi connectivity index (χ2v) is 4.83. The van der Waals surface area contributed by atoms with Crippen molar-refractivity contribution in [2.75, 3.05) is 5.32 Å². The van der Waals surface area contributed by atoms with Crippen LogP contribution in [-0.4, -0.2) is 0 Å². The Hall–Kier alpha value is -1.25. The van der Waals surface area contributed by atoms with E-state index in [1.165, 1.54) is 12.1 Å². The molecule has 0 heterocycles. The lowest BCUT2D eigenvalue weighted by Gasteiger charge is -2.17. The Morgan fingerprint density at radius 1 is 1.06 bits per heavy atom. The summed E-state index contributed by atoms with van der Waals surface area (Å²) in [5, 5.41) is 3.74. The third kappa shape index (κ3) is 2.95. The lowest BCUT2D eigenvalue weighted by atomic mass is 10.1. The standard InChI is InChI=1S/C14H12Cl2FN/c1-9(18-10-5-3-2-4-6-10)11-7-14(17)13(16)8-12(11)15/h2-9,18H,1H3. The molecule has 0 spiro atoms. The van der Waals surface area contributed by atoms with Crippen LogP contribution in [-0.2, 0) is 0 Å². The molecule has 1 nitrogen and oxygen atoms in total. The van der Waals surface area contributed by atoms with Crippen LogP contribution < -0.4 is 5.32 Å². The van der Waals surface area contributed by atoms with Gasteiger partial charge in [-0.3, -0.25) is 0 Å². The molecule has 1 N–H and O–H groups in total. The minimum Gasteiger partial charge on any atom is -0.378 e. The number of benzene rings is 2. The zero-order valence-corrected chi connectivity index (χ0v) is 11.3. The van der Waals surface area contributed by atoms with Gasteiger partial charge in [-0.2, -0.15) is 0 Å². The van der Waals surface area contributed by atoms with E-state index in [0.29, 0.717) is 10.6 Å². The molecule has 0 aromatic heterocycles. The Labute approximate surface area is 116 Å². The van der Waals surface area contributed by atoms with Crippen LogP contribution in [0.1, 0.15) is 18.5 Å². The van der Waals surface area contributed by atoms with Gasteiger partial charge in [-0.25, -0.2) is 4.39 Å². The minimum atomic E-state index is -0.460. The highest BCUT2D eigenvalue weighted by molar-refractivity contribution is 6.35. The molecule has 0 bridgehead atoms. The summed E-state index contributed by atoms with van der Waals surface area (Å²) in [6.45, 7) is 1.92. The minimum absolute atomic E-state index is 0.0376. The predicted octanol–water partition coefficient (Wildman–Crippen LogP) is 5.31. The van der Waals surface area contributed by atoms with Crippen LogP contribution in [0.25, 0.3) is 0 Å². The van der Waals surface area contributed by atoms with E-state index in [1.54, 1.807) is 0 Å². The molecule has 2 aromatic carbocycles. The van der Waals surface area contributed by atoms with Gasteiger partial charge < -0.3 is 5.32 Å². The fourth-order valence-corrected chi connectivity index (χ4v) is 2.28. The Balaban J connectivity index is 2.24. The van der Waals surface area contributed by atoms with Crippen LogP contribution in [0.3, 0.4) is 0 Å². The van der Waals surface area contributed by atoms with Crippen molar-refractivity contribution in [2.45, 2.75) is 13.0 Å². The van der Waals surface area contributed by atoms with Crippen molar-refractivity contribution in [3.8, 4) is 0 Å². The van der Waals surface area contributed by atoms with Crippen molar-refractivity contribution < 1.29 is 4.39 Å². The van der Waals surface area contributed by atoms with Crippen molar-refractivity contribution >= 4 is 28.9 Å². The fourth-order valence-electron chi connectivity index (χ4n) is 1.73. The van der Waals surface area contributed by atoms with E-state index >= 15 is 0 Å².